The zero-order valence-electron chi connectivity index (χ0n) is 18.1. The van der Waals surface area contributed by atoms with E-state index in [0.717, 1.165) is 57.2 Å². The predicted octanol–water partition coefficient (Wildman–Crippen LogP) is 4.84. The number of likely N-dealkylation sites (tertiary alicyclic amines) is 1. The van der Waals surface area contributed by atoms with Crippen LogP contribution in [-0.2, 0) is 0 Å². The van der Waals surface area contributed by atoms with Gasteiger partial charge in [-0.25, -0.2) is 0 Å². The number of hydrogen-bond acceptors (Lipinski definition) is 3. The van der Waals surface area contributed by atoms with Crippen molar-refractivity contribution < 1.29 is 10.2 Å². The highest BCUT2D eigenvalue weighted by molar-refractivity contribution is 5.25. The monoisotopic (exact) mass is 387 g/mol. The first-order valence-corrected chi connectivity index (χ1v) is 11.9. The van der Waals surface area contributed by atoms with Gasteiger partial charge in [0.15, 0.2) is 0 Å². The number of β-amino-alcohol motifs (C(OH)–C–C–N with tert-alkyl or cyclic N) is 1. The highest BCUT2D eigenvalue weighted by Crippen LogP contribution is 2.58. The van der Waals surface area contributed by atoms with Gasteiger partial charge in [-0.2, -0.15) is 0 Å². The summed E-state index contributed by atoms with van der Waals surface area (Å²) in [6.07, 6.45) is 17.8. The Morgan fingerprint density at radius 2 is 1.93 bits per heavy atom. The molecule has 0 aromatic heterocycles. The first-order valence-electron chi connectivity index (χ1n) is 11.9. The van der Waals surface area contributed by atoms with E-state index in [9.17, 15) is 10.2 Å². The fraction of sp³-hybridized carbons (Fsp3) is 0.840. The van der Waals surface area contributed by atoms with Crippen molar-refractivity contribution in [3.63, 3.8) is 0 Å². The van der Waals surface area contributed by atoms with Crippen LogP contribution < -0.4 is 0 Å². The average molecular weight is 388 g/mol. The molecule has 2 N–H and O–H groups in total. The van der Waals surface area contributed by atoms with E-state index in [4.69, 9.17) is 0 Å². The van der Waals surface area contributed by atoms with Gasteiger partial charge in [-0.1, -0.05) is 30.2 Å². The molecule has 4 fully saturated rings. The van der Waals surface area contributed by atoms with E-state index in [-0.39, 0.29) is 6.10 Å². The first kappa shape index (κ1) is 20.6. The Kier molecular flexibility index (Phi) is 6.07. The van der Waals surface area contributed by atoms with Crippen molar-refractivity contribution in [2.24, 2.45) is 17.3 Å². The minimum absolute atomic E-state index is 0.114. The van der Waals surface area contributed by atoms with E-state index in [2.05, 4.69) is 24.0 Å². The largest absolute Gasteiger partial charge is 0.393 e. The van der Waals surface area contributed by atoms with Gasteiger partial charge >= 0.3 is 0 Å². The van der Waals surface area contributed by atoms with Crippen LogP contribution in [0.1, 0.15) is 84.5 Å². The Bertz CT molecular complexity index is 622. The fourth-order valence-electron chi connectivity index (χ4n) is 6.84. The molecule has 4 rings (SSSR count). The maximum absolute atomic E-state index is 10.2. The van der Waals surface area contributed by atoms with E-state index in [1.807, 2.05) is 6.92 Å². The van der Waals surface area contributed by atoms with Crippen LogP contribution in [0.15, 0.2) is 23.3 Å². The molecule has 3 saturated carbocycles. The molecule has 0 aromatic carbocycles. The SMILES string of the molecule is C[C@]1(O)CCN(CC[C@H]2CCC3/C(=C/C=C4/CCCC(O)C4)CCC[C@@]32C)C1. The average Bonchev–Trinajstić information content (AvgIpc) is 3.17. The molecule has 2 unspecified atom stereocenters. The minimum Gasteiger partial charge on any atom is -0.393 e. The molecule has 1 aliphatic heterocycles. The second-order valence-electron chi connectivity index (χ2n) is 10.8. The summed E-state index contributed by atoms with van der Waals surface area (Å²) in [5.74, 6) is 1.59. The summed E-state index contributed by atoms with van der Waals surface area (Å²) >= 11 is 0. The summed E-state index contributed by atoms with van der Waals surface area (Å²) in [5, 5.41) is 20.2. The smallest absolute Gasteiger partial charge is 0.0758 e. The van der Waals surface area contributed by atoms with E-state index in [1.165, 1.54) is 50.5 Å². The number of hydrogen-bond donors (Lipinski definition) is 2. The third-order valence-corrected chi connectivity index (χ3v) is 8.55. The molecule has 4 aliphatic rings. The Balaban J connectivity index is 1.39. The molecule has 28 heavy (non-hydrogen) atoms. The van der Waals surface area contributed by atoms with Gasteiger partial charge in [-0.05, 0) is 101 Å². The molecule has 3 nitrogen and oxygen atoms in total. The molecule has 5 atom stereocenters. The summed E-state index contributed by atoms with van der Waals surface area (Å²) in [6, 6.07) is 0. The molecule has 3 heteroatoms. The van der Waals surface area contributed by atoms with Crippen molar-refractivity contribution in [2.45, 2.75) is 96.2 Å². The van der Waals surface area contributed by atoms with Crippen molar-refractivity contribution in [1.82, 2.24) is 4.90 Å². The van der Waals surface area contributed by atoms with E-state index < -0.39 is 5.60 Å². The zero-order valence-corrected chi connectivity index (χ0v) is 18.1. The van der Waals surface area contributed by atoms with Gasteiger partial charge in [0.1, 0.15) is 0 Å². The van der Waals surface area contributed by atoms with Gasteiger partial charge in [0.25, 0.3) is 0 Å². The van der Waals surface area contributed by atoms with Crippen LogP contribution in [-0.4, -0.2) is 46.5 Å². The molecule has 0 radical (unpaired) electrons. The van der Waals surface area contributed by atoms with Crippen LogP contribution in [0.4, 0.5) is 0 Å². The second-order valence-corrected chi connectivity index (χ2v) is 10.8. The van der Waals surface area contributed by atoms with Crippen LogP contribution in [0, 0.1) is 17.3 Å². The number of nitrogens with zero attached hydrogens (tertiary/aromatic N) is 1. The van der Waals surface area contributed by atoms with Crippen LogP contribution in [0.3, 0.4) is 0 Å². The van der Waals surface area contributed by atoms with Crippen molar-refractivity contribution in [3.8, 4) is 0 Å². The van der Waals surface area contributed by atoms with E-state index >= 15 is 0 Å². The van der Waals surface area contributed by atoms with E-state index in [1.54, 1.807) is 5.57 Å². The molecular weight excluding hydrogens is 346 g/mol. The molecule has 1 heterocycles. The van der Waals surface area contributed by atoms with Gasteiger partial charge in [0, 0.05) is 13.1 Å². The predicted molar refractivity (Wildman–Crippen MR) is 115 cm³/mol. The van der Waals surface area contributed by atoms with Gasteiger partial charge in [0.05, 0.1) is 11.7 Å². The highest BCUT2D eigenvalue weighted by atomic mass is 16.3. The van der Waals surface area contributed by atoms with Crippen LogP contribution >= 0.6 is 0 Å². The number of aliphatic hydroxyl groups is 2. The third-order valence-electron chi connectivity index (χ3n) is 8.55. The number of rotatable bonds is 4. The number of aliphatic hydroxyl groups excluding tert-OH is 1. The van der Waals surface area contributed by atoms with Gasteiger partial charge in [-0.3, -0.25) is 0 Å². The standard InChI is InChI=1S/C25H41NO2/c1-24(28)14-16-26(18-24)15-12-21-10-11-23-20(6-4-13-25(21,23)2)9-8-19-5-3-7-22(27)17-19/h8-9,21-23,27-28H,3-7,10-18H2,1-2H3/b19-8-,20-9+/t21-,22?,23?,24+,25-/m1/s1. The van der Waals surface area contributed by atoms with Crippen molar-refractivity contribution >= 4 is 0 Å². The molecule has 3 aliphatic carbocycles. The summed E-state index contributed by atoms with van der Waals surface area (Å²) in [5.41, 5.74) is 3.14. The number of allylic oxidation sites excluding steroid dienone is 3. The Morgan fingerprint density at radius 1 is 1.07 bits per heavy atom. The summed E-state index contributed by atoms with van der Waals surface area (Å²) in [4.78, 5) is 2.48. The van der Waals surface area contributed by atoms with Crippen molar-refractivity contribution in [3.05, 3.63) is 23.3 Å². The zero-order chi connectivity index (χ0) is 19.8. The molecule has 158 valence electrons. The molecule has 0 aromatic rings. The lowest BCUT2D eigenvalue weighted by molar-refractivity contribution is 0.0653. The fourth-order valence-corrected chi connectivity index (χ4v) is 6.84. The summed E-state index contributed by atoms with van der Waals surface area (Å²) < 4.78 is 0. The van der Waals surface area contributed by atoms with E-state index in [0.29, 0.717) is 5.41 Å². The lowest BCUT2D eigenvalue weighted by Crippen LogP contribution is -2.36. The maximum atomic E-state index is 10.2. The number of fused-ring (bicyclic) bond motifs is 1. The van der Waals surface area contributed by atoms with Crippen LogP contribution in [0.25, 0.3) is 0 Å². The quantitative estimate of drug-likeness (QED) is 0.725. The van der Waals surface area contributed by atoms with Gasteiger partial charge in [0.2, 0.25) is 0 Å². The topological polar surface area (TPSA) is 43.7 Å². The lowest BCUT2D eigenvalue weighted by atomic mass is 9.63. The lowest BCUT2D eigenvalue weighted by Gasteiger charge is -2.43. The summed E-state index contributed by atoms with van der Waals surface area (Å²) in [7, 11) is 0. The van der Waals surface area contributed by atoms with Crippen LogP contribution in [0.2, 0.25) is 0 Å². The van der Waals surface area contributed by atoms with Crippen molar-refractivity contribution in [1.29, 1.82) is 0 Å². The highest BCUT2D eigenvalue weighted by Gasteiger charge is 2.48. The Morgan fingerprint density at radius 3 is 2.68 bits per heavy atom. The van der Waals surface area contributed by atoms with Crippen molar-refractivity contribution in [2.75, 3.05) is 19.6 Å². The Labute approximate surface area is 171 Å². The molecule has 1 saturated heterocycles. The molecule has 0 amide bonds. The second kappa shape index (κ2) is 8.24. The third kappa shape index (κ3) is 4.42. The Hall–Kier alpha value is -0.640. The van der Waals surface area contributed by atoms with Crippen LogP contribution in [0.5, 0.6) is 0 Å². The van der Waals surface area contributed by atoms with Gasteiger partial charge < -0.3 is 15.1 Å². The minimum atomic E-state index is -0.469. The maximum Gasteiger partial charge on any atom is 0.0758 e. The van der Waals surface area contributed by atoms with Gasteiger partial charge in [-0.15, -0.1) is 0 Å². The summed E-state index contributed by atoms with van der Waals surface area (Å²) in [6.45, 7) is 7.62. The molecule has 0 bridgehead atoms. The first-order chi connectivity index (χ1) is 13.4. The molecular formula is C25H41NO2. The molecule has 0 spiro atoms. The normalized spacial score (nSPS) is 45.1.